The Balaban J connectivity index is 1.97. The largest absolute Gasteiger partial charge is 0.306 e. The van der Waals surface area contributed by atoms with Crippen LogP contribution in [0.2, 0.25) is 0 Å². The number of hydrogen-bond donors (Lipinski definition) is 1. The summed E-state index contributed by atoms with van der Waals surface area (Å²) >= 11 is 0. The maximum atomic E-state index is 12.3. The van der Waals surface area contributed by atoms with Crippen LogP contribution in [-0.4, -0.2) is 9.97 Å². The Morgan fingerprint density at radius 3 is 2.17 bits per heavy atom. The Labute approximate surface area is 133 Å². The van der Waals surface area contributed by atoms with Crippen LogP contribution in [0, 0.1) is 0 Å². The van der Waals surface area contributed by atoms with Gasteiger partial charge in [-0.3, -0.25) is 4.79 Å². The van der Waals surface area contributed by atoms with E-state index in [9.17, 15) is 4.79 Å². The molecule has 0 saturated heterocycles. The van der Waals surface area contributed by atoms with Crippen molar-refractivity contribution in [1.82, 2.24) is 9.97 Å². The summed E-state index contributed by atoms with van der Waals surface area (Å²) in [6.07, 6.45) is 0. The standard InChI is InChI=1S/C20H14N2O/c23-20-17-12-6-7-13-18(17)21-19(22-20)16-11-5-4-10-15(16)14-8-2-1-3-9-14/h1-13H,(H,21,22,23). The fourth-order valence-electron chi connectivity index (χ4n) is 2.77. The van der Waals surface area contributed by atoms with Gasteiger partial charge in [-0.25, -0.2) is 4.98 Å². The molecule has 4 rings (SSSR count). The summed E-state index contributed by atoms with van der Waals surface area (Å²) in [5.41, 5.74) is 3.65. The third kappa shape index (κ3) is 2.42. The molecule has 0 amide bonds. The van der Waals surface area contributed by atoms with Gasteiger partial charge in [0, 0.05) is 5.56 Å². The minimum Gasteiger partial charge on any atom is -0.306 e. The van der Waals surface area contributed by atoms with Crippen molar-refractivity contribution in [3.63, 3.8) is 0 Å². The molecule has 0 aliphatic carbocycles. The van der Waals surface area contributed by atoms with Crippen LogP contribution in [0.1, 0.15) is 0 Å². The number of rotatable bonds is 2. The van der Waals surface area contributed by atoms with Crippen LogP contribution in [0.3, 0.4) is 0 Å². The van der Waals surface area contributed by atoms with Gasteiger partial charge in [0.25, 0.3) is 5.56 Å². The van der Waals surface area contributed by atoms with Crippen molar-refractivity contribution >= 4 is 10.9 Å². The van der Waals surface area contributed by atoms with Crippen molar-refractivity contribution in [2.24, 2.45) is 0 Å². The molecule has 0 saturated carbocycles. The first-order valence-corrected chi connectivity index (χ1v) is 7.47. The Hall–Kier alpha value is -3.20. The number of H-pyrrole nitrogens is 1. The lowest BCUT2D eigenvalue weighted by atomic mass is 9.99. The lowest BCUT2D eigenvalue weighted by Crippen LogP contribution is -2.09. The van der Waals surface area contributed by atoms with E-state index in [1.807, 2.05) is 60.7 Å². The Bertz CT molecular complexity index is 1040. The SMILES string of the molecule is O=c1[nH]c(-c2ccccc2-c2ccccc2)nc2ccccc12. The fraction of sp³-hybridized carbons (Fsp3) is 0. The monoisotopic (exact) mass is 298 g/mol. The van der Waals surface area contributed by atoms with Crippen molar-refractivity contribution in [2.75, 3.05) is 0 Å². The predicted molar refractivity (Wildman–Crippen MR) is 93.2 cm³/mol. The van der Waals surface area contributed by atoms with E-state index in [0.29, 0.717) is 16.7 Å². The second-order valence-corrected chi connectivity index (χ2v) is 5.34. The normalized spacial score (nSPS) is 10.8. The topological polar surface area (TPSA) is 45.8 Å². The smallest absolute Gasteiger partial charge is 0.259 e. The molecule has 0 atom stereocenters. The summed E-state index contributed by atoms with van der Waals surface area (Å²) in [6, 6.07) is 25.5. The summed E-state index contributed by atoms with van der Waals surface area (Å²) in [6.45, 7) is 0. The number of benzene rings is 3. The first kappa shape index (κ1) is 13.5. The number of nitrogens with one attached hydrogen (secondary N) is 1. The molecule has 0 fully saturated rings. The molecule has 0 radical (unpaired) electrons. The van der Waals surface area contributed by atoms with Crippen LogP contribution < -0.4 is 5.56 Å². The van der Waals surface area contributed by atoms with E-state index in [1.54, 1.807) is 6.07 Å². The van der Waals surface area contributed by atoms with Gasteiger partial charge in [0.05, 0.1) is 10.9 Å². The first-order valence-electron chi connectivity index (χ1n) is 7.47. The van der Waals surface area contributed by atoms with Gasteiger partial charge in [0.2, 0.25) is 0 Å². The van der Waals surface area contributed by atoms with E-state index in [-0.39, 0.29) is 5.56 Å². The van der Waals surface area contributed by atoms with Gasteiger partial charge in [-0.2, -0.15) is 0 Å². The van der Waals surface area contributed by atoms with Crippen LogP contribution in [0.15, 0.2) is 83.7 Å². The summed E-state index contributed by atoms with van der Waals surface area (Å²) in [5.74, 6) is 0.591. The highest BCUT2D eigenvalue weighted by Crippen LogP contribution is 2.29. The van der Waals surface area contributed by atoms with Crippen molar-refractivity contribution in [3.8, 4) is 22.5 Å². The second-order valence-electron chi connectivity index (χ2n) is 5.34. The van der Waals surface area contributed by atoms with E-state index >= 15 is 0 Å². The van der Waals surface area contributed by atoms with Gasteiger partial charge in [0.1, 0.15) is 5.82 Å². The fourth-order valence-corrected chi connectivity index (χ4v) is 2.77. The molecule has 1 aromatic heterocycles. The number of hydrogen-bond acceptors (Lipinski definition) is 2. The Kier molecular flexibility index (Phi) is 3.24. The average Bonchev–Trinajstić information content (AvgIpc) is 2.62. The lowest BCUT2D eigenvalue weighted by molar-refractivity contribution is 1.18. The minimum atomic E-state index is -0.117. The molecule has 0 aliphatic heterocycles. The highest BCUT2D eigenvalue weighted by Gasteiger charge is 2.10. The van der Waals surface area contributed by atoms with E-state index in [4.69, 9.17) is 0 Å². The zero-order chi connectivity index (χ0) is 15.6. The van der Waals surface area contributed by atoms with Crippen LogP contribution >= 0.6 is 0 Å². The van der Waals surface area contributed by atoms with Crippen LogP contribution in [-0.2, 0) is 0 Å². The molecule has 1 heterocycles. The van der Waals surface area contributed by atoms with Crippen molar-refractivity contribution in [2.45, 2.75) is 0 Å². The van der Waals surface area contributed by atoms with E-state index < -0.39 is 0 Å². The first-order chi connectivity index (χ1) is 11.3. The molecule has 0 unspecified atom stereocenters. The zero-order valence-corrected chi connectivity index (χ0v) is 12.4. The van der Waals surface area contributed by atoms with Crippen molar-refractivity contribution < 1.29 is 0 Å². The molecule has 0 bridgehead atoms. The number of para-hydroxylation sites is 1. The molecule has 3 nitrogen and oxygen atoms in total. The van der Waals surface area contributed by atoms with E-state index in [2.05, 4.69) is 22.1 Å². The van der Waals surface area contributed by atoms with Crippen LogP contribution in [0.25, 0.3) is 33.4 Å². The van der Waals surface area contributed by atoms with E-state index in [0.717, 1.165) is 16.7 Å². The molecule has 0 spiro atoms. The summed E-state index contributed by atoms with van der Waals surface area (Å²) in [5, 5.41) is 0.605. The molecule has 110 valence electrons. The third-order valence-electron chi connectivity index (χ3n) is 3.88. The quantitative estimate of drug-likeness (QED) is 0.601. The number of fused-ring (bicyclic) bond motifs is 1. The number of aromatic nitrogens is 2. The van der Waals surface area contributed by atoms with Crippen molar-refractivity contribution in [1.29, 1.82) is 0 Å². The van der Waals surface area contributed by atoms with Gasteiger partial charge in [-0.1, -0.05) is 66.7 Å². The maximum Gasteiger partial charge on any atom is 0.259 e. The Morgan fingerprint density at radius 1 is 0.696 bits per heavy atom. The molecule has 23 heavy (non-hydrogen) atoms. The highest BCUT2D eigenvalue weighted by atomic mass is 16.1. The molecule has 3 heteroatoms. The maximum absolute atomic E-state index is 12.3. The summed E-state index contributed by atoms with van der Waals surface area (Å²) in [4.78, 5) is 19.9. The van der Waals surface area contributed by atoms with Crippen molar-refractivity contribution in [3.05, 3.63) is 89.2 Å². The van der Waals surface area contributed by atoms with Crippen LogP contribution in [0.5, 0.6) is 0 Å². The molecule has 3 aromatic carbocycles. The Morgan fingerprint density at radius 2 is 1.35 bits per heavy atom. The predicted octanol–water partition coefficient (Wildman–Crippen LogP) is 4.26. The molecular formula is C20H14N2O. The lowest BCUT2D eigenvalue weighted by Gasteiger charge is -2.09. The van der Waals surface area contributed by atoms with Gasteiger partial charge in [-0.15, -0.1) is 0 Å². The summed E-state index contributed by atoms with van der Waals surface area (Å²) in [7, 11) is 0. The molecular weight excluding hydrogens is 284 g/mol. The average molecular weight is 298 g/mol. The van der Waals surface area contributed by atoms with Gasteiger partial charge < -0.3 is 4.98 Å². The molecule has 1 N–H and O–H groups in total. The molecule has 0 aliphatic rings. The van der Waals surface area contributed by atoms with E-state index in [1.165, 1.54) is 0 Å². The highest BCUT2D eigenvalue weighted by molar-refractivity contribution is 5.84. The van der Waals surface area contributed by atoms with Gasteiger partial charge >= 0.3 is 0 Å². The second kappa shape index (κ2) is 5.54. The number of aromatic amines is 1. The van der Waals surface area contributed by atoms with Gasteiger partial charge in [0.15, 0.2) is 0 Å². The number of nitrogens with zero attached hydrogens (tertiary/aromatic N) is 1. The van der Waals surface area contributed by atoms with Crippen LogP contribution in [0.4, 0.5) is 0 Å². The van der Waals surface area contributed by atoms with Gasteiger partial charge in [-0.05, 0) is 23.3 Å². The third-order valence-corrected chi connectivity index (χ3v) is 3.88. The summed E-state index contributed by atoms with van der Waals surface area (Å²) < 4.78 is 0. The zero-order valence-electron chi connectivity index (χ0n) is 12.4. The minimum absolute atomic E-state index is 0.117. The molecule has 4 aromatic rings.